The Morgan fingerprint density at radius 2 is 1.94 bits per heavy atom. The molecule has 9 heteroatoms. The van der Waals surface area contributed by atoms with Crippen LogP contribution in [-0.2, 0) is 17.8 Å². The number of para-hydroxylation sites is 1. The molecule has 5 rings (SSSR count). The molecule has 176 valence electrons. The molecule has 0 aliphatic carbocycles. The minimum atomic E-state index is -0.264. The Morgan fingerprint density at radius 3 is 2.83 bits per heavy atom. The zero-order valence-corrected chi connectivity index (χ0v) is 20.2. The average molecular weight is 485 g/mol. The highest BCUT2D eigenvalue weighted by Gasteiger charge is 2.16. The van der Waals surface area contributed by atoms with Crippen molar-refractivity contribution in [3.63, 3.8) is 0 Å². The van der Waals surface area contributed by atoms with Crippen LogP contribution >= 0.6 is 11.8 Å². The number of aromatic amines is 1. The number of rotatable bonds is 7. The van der Waals surface area contributed by atoms with Crippen LogP contribution in [0.25, 0.3) is 22.1 Å². The summed E-state index contributed by atoms with van der Waals surface area (Å²) in [5, 5.41) is 4.52. The number of benzene rings is 2. The molecule has 0 spiro atoms. The highest BCUT2D eigenvalue weighted by Crippen LogP contribution is 2.22. The number of anilines is 1. The third-order valence-electron chi connectivity index (χ3n) is 5.84. The summed E-state index contributed by atoms with van der Waals surface area (Å²) < 4.78 is 1.59. The van der Waals surface area contributed by atoms with Crippen LogP contribution in [-0.4, -0.2) is 36.2 Å². The fourth-order valence-electron chi connectivity index (χ4n) is 3.99. The molecule has 0 unspecified atom stereocenters. The largest absolute Gasteiger partial charge is 0.361 e. The number of nitrogens with zero attached hydrogens (tertiary/aromatic N) is 4. The number of nitrogens with one attached hydrogen (secondary N) is 2. The number of hydrogen-bond donors (Lipinski definition) is 2. The summed E-state index contributed by atoms with van der Waals surface area (Å²) in [6.07, 6.45) is 5.58. The molecule has 3 heterocycles. The molecule has 35 heavy (non-hydrogen) atoms. The maximum Gasteiger partial charge on any atom is 0.282 e. The first-order chi connectivity index (χ1) is 17.0. The average Bonchev–Trinajstić information content (AvgIpc) is 3.28. The monoisotopic (exact) mass is 484 g/mol. The minimum Gasteiger partial charge on any atom is -0.361 e. The van der Waals surface area contributed by atoms with Gasteiger partial charge in [0.1, 0.15) is 0 Å². The van der Waals surface area contributed by atoms with Gasteiger partial charge < -0.3 is 10.3 Å². The van der Waals surface area contributed by atoms with Gasteiger partial charge in [0.2, 0.25) is 5.91 Å². The van der Waals surface area contributed by atoms with Crippen molar-refractivity contribution in [3.05, 3.63) is 88.1 Å². The van der Waals surface area contributed by atoms with Gasteiger partial charge in [0.25, 0.3) is 5.56 Å². The predicted molar refractivity (Wildman–Crippen MR) is 139 cm³/mol. The first-order valence-electron chi connectivity index (χ1n) is 11.3. The summed E-state index contributed by atoms with van der Waals surface area (Å²) in [4.78, 5) is 42.3. The highest BCUT2D eigenvalue weighted by atomic mass is 32.2. The third-order valence-corrected chi connectivity index (χ3v) is 6.81. The molecule has 5 aromatic rings. The Morgan fingerprint density at radius 1 is 1.11 bits per heavy atom. The molecule has 0 radical (unpaired) electrons. The lowest BCUT2D eigenvalue weighted by Crippen LogP contribution is -2.26. The van der Waals surface area contributed by atoms with E-state index in [0.717, 1.165) is 33.3 Å². The van der Waals surface area contributed by atoms with Crippen LogP contribution in [0, 0.1) is 13.8 Å². The fourth-order valence-corrected chi connectivity index (χ4v) is 4.81. The number of fused-ring (bicyclic) bond motifs is 2. The van der Waals surface area contributed by atoms with E-state index >= 15 is 0 Å². The normalized spacial score (nSPS) is 11.3. The maximum atomic E-state index is 13.3. The zero-order chi connectivity index (χ0) is 24.4. The summed E-state index contributed by atoms with van der Waals surface area (Å²) in [5.74, 6) is -0.0565. The van der Waals surface area contributed by atoms with Crippen molar-refractivity contribution in [2.75, 3.05) is 11.1 Å². The molecule has 2 aromatic carbocycles. The summed E-state index contributed by atoms with van der Waals surface area (Å²) in [5.41, 5.74) is 5.23. The Kier molecular flexibility index (Phi) is 6.33. The smallest absolute Gasteiger partial charge is 0.282 e. The minimum absolute atomic E-state index is 0.110. The molecule has 3 aromatic heterocycles. The van der Waals surface area contributed by atoms with E-state index in [1.165, 1.54) is 24.2 Å². The summed E-state index contributed by atoms with van der Waals surface area (Å²) in [6, 6.07) is 14.0. The van der Waals surface area contributed by atoms with E-state index in [1.807, 2.05) is 56.4 Å². The molecule has 2 N–H and O–H groups in total. The van der Waals surface area contributed by atoms with E-state index in [-0.39, 0.29) is 28.4 Å². The lowest BCUT2D eigenvalue weighted by molar-refractivity contribution is -0.113. The second-order valence-electron chi connectivity index (χ2n) is 8.34. The van der Waals surface area contributed by atoms with Crippen molar-refractivity contribution in [1.82, 2.24) is 24.5 Å². The van der Waals surface area contributed by atoms with Gasteiger partial charge in [-0.25, -0.2) is 15.0 Å². The van der Waals surface area contributed by atoms with Crippen molar-refractivity contribution in [2.24, 2.45) is 0 Å². The number of hydrogen-bond acceptors (Lipinski definition) is 6. The second kappa shape index (κ2) is 9.71. The molecule has 8 nitrogen and oxygen atoms in total. The van der Waals surface area contributed by atoms with Crippen molar-refractivity contribution in [3.8, 4) is 0 Å². The van der Waals surface area contributed by atoms with Crippen LogP contribution in [0.5, 0.6) is 0 Å². The first-order valence-corrected chi connectivity index (χ1v) is 12.2. The van der Waals surface area contributed by atoms with Crippen LogP contribution < -0.4 is 10.9 Å². The fraction of sp³-hybridized carbons (Fsp3) is 0.192. The van der Waals surface area contributed by atoms with Crippen molar-refractivity contribution in [2.45, 2.75) is 32.0 Å². The van der Waals surface area contributed by atoms with Gasteiger partial charge in [-0.1, -0.05) is 42.1 Å². The molecule has 0 bridgehead atoms. The Hall–Kier alpha value is -3.98. The van der Waals surface area contributed by atoms with Gasteiger partial charge in [0, 0.05) is 41.7 Å². The standard InChI is InChI=1S/C26H24N6O2S/c1-16-7-8-17(2)21(13-16)30-22(33)15-35-26-31-24-23(27-10-11-28-24)25(34)32(26)12-9-18-14-29-20-6-4-3-5-19(18)20/h3-8,10-11,13-14,29H,9,12,15H2,1-2H3,(H,30,33). The molecule has 0 saturated carbocycles. The predicted octanol–water partition coefficient (Wildman–Crippen LogP) is 4.26. The van der Waals surface area contributed by atoms with Gasteiger partial charge in [-0.2, -0.15) is 0 Å². The van der Waals surface area contributed by atoms with E-state index in [1.54, 1.807) is 4.57 Å². The van der Waals surface area contributed by atoms with Crippen LogP contribution in [0.2, 0.25) is 0 Å². The van der Waals surface area contributed by atoms with E-state index in [4.69, 9.17) is 0 Å². The van der Waals surface area contributed by atoms with Gasteiger partial charge in [-0.15, -0.1) is 0 Å². The number of carbonyl (C=O) groups excluding carboxylic acids is 1. The first kappa shape index (κ1) is 22.8. The zero-order valence-electron chi connectivity index (χ0n) is 19.4. The topological polar surface area (TPSA) is 106 Å². The van der Waals surface area contributed by atoms with E-state index in [2.05, 4.69) is 31.3 Å². The number of aromatic nitrogens is 5. The second-order valence-corrected chi connectivity index (χ2v) is 9.29. The molecule has 0 aliphatic heterocycles. The van der Waals surface area contributed by atoms with E-state index in [9.17, 15) is 9.59 Å². The van der Waals surface area contributed by atoms with Gasteiger partial charge in [-0.05, 0) is 49.1 Å². The lowest BCUT2D eigenvalue weighted by atomic mass is 10.1. The van der Waals surface area contributed by atoms with Crippen LogP contribution in [0.4, 0.5) is 5.69 Å². The number of aryl methyl sites for hydroxylation is 3. The van der Waals surface area contributed by atoms with Gasteiger partial charge in [0.15, 0.2) is 16.3 Å². The number of carbonyl (C=O) groups is 1. The number of thioether (sulfide) groups is 1. The quantitative estimate of drug-likeness (QED) is 0.264. The van der Waals surface area contributed by atoms with Gasteiger partial charge >= 0.3 is 0 Å². The molecule has 0 fully saturated rings. The molecule has 1 amide bonds. The van der Waals surface area contributed by atoms with Crippen molar-refractivity contribution >= 4 is 45.4 Å². The van der Waals surface area contributed by atoms with Crippen molar-refractivity contribution in [1.29, 1.82) is 0 Å². The summed E-state index contributed by atoms with van der Waals surface area (Å²) in [7, 11) is 0. The SMILES string of the molecule is Cc1ccc(C)c(NC(=O)CSc2nc3nccnc3c(=O)n2CCc2c[nH]c3ccccc23)c1. The molecule has 0 aliphatic rings. The molecular weight excluding hydrogens is 460 g/mol. The van der Waals surface area contributed by atoms with E-state index < -0.39 is 0 Å². The Bertz CT molecular complexity index is 1610. The van der Waals surface area contributed by atoms with E-state index in [0.29, 0.717) is 18.1 Å². The molecule has 0 atom stereocenters. The lowest BCUT2D eigenvalue weighted by Gasteiger charge is -2.13. The van der Waals surface area contributed by atoms with Crippen LogP contribution in [0.3, 0.4) is 0 Å². The molecule has 0 saturated heterocycles. The number of H-pyrrole nitrogens is 1. The third kappa shape index (κ3) is 4.81. The van der Waals surface area contributed by atoms with Crippen LogP contribution in [0.15, 0.2) is 71.0 Å². The van der Waals surface area contributed by atoms with Gasteiger partial charge in [-0.3, -0.25) is 14.2 Å². The summed E-state index contributed by atoms with van der Waals surface area (Å²) >= 11 is 1.22. The Labute approximate surface area is 205 Å². The molecular formula is C26H24N6O2S. The maximum absolute atomic E-state index is 13.3. The van der Waals surface area contributed by atoms with Crippen molar-refractivity contribution < 1.29 is 4.79 Å². The Balaban J connectivity index is 1.40. The van der Waals surface area contributed by atoms with Crippen LogP contribution in [0.1, 0.15) is 16.7 Å². The number of amides is 1. The summed E-state index contributed by atoms with van der Waals surface area (Å²) in [6.45, 7) is 4.34. The van der Waals surface area contributed by atoms with Gasteiger partial charge in [0.05, 0.1) is 5.75 Å². The highest BCUT2D eigenvalue weighted by molar-refractivity contribution is 7.99.